The number of amides is 2. The molecule has 1 aliphatic rings. The first-order chi connectivity index (χ1) is 15.4. The van der Waals surface area contributed by atoms with E-state index in [9.17, 15) is 9.59 Å². The van der Waals surface area contributed by atoms with Crippen LogP contribution in [0.1, 0.15) is 16.8 Å². The molecule has 2 aromatic carbocycles. The van der Waals surface area contributed by atoms with Crippen LogP contribution in [-0.2, 0) is 11.8 Å². The Kier molecular flexibility index (Phi) is 6.27. The van der Waals surface area contributed by atoms with Crippen LogP contribution in [0.2, 0.25) is 0 Å². The molecule has 9 nitrogen and oxygen atoms in total. The van der Waals surface area contributed by atoms with E-state index in [1.807, 2.05) is 36.0 Å². The molecule has 4 rings (SSSR count). The number of carbonyl (C=O) groups is 2. The third kappa shape index (κ3) is 4.83. The lowest BCUT2D eigenvalue weighted by molar-refractivity contribution is -0.135. The van der Waals surface area contributed by atoms with Crippen molar-refractivity contribution in [1.82, 2.24) is 19.6 Å². The number of hydrogen-bond donors (Lipinski definition) is 1. The molecule has 168 valence electrons. The molecular weight excluding hydrogens is 410 g/mol. The Labute approximate surface area is 186 Å². The van der Waals surface area contributed by atoms with Gasteiger partial charge in [-0.3, -0.25) is 19.2 Å². The Morgan fingerprint density at radius 3 is 2.59 bits per heavy atom. The van der Waals surface area contributed by atoms with Gasteiger partial charge in [-0.2, -0.15) is 5.10 Å². The number of carbonyl (C=O) groups excluding carboxylic acids is 2. The molecule has 1 aromatic heterocycles. The summed E-state index contributed by atoms with van der Waals surface area (Å²) >= 11 is 0. The molecule has 0 saturated carbocycles. The van der Waals surface area contributed by atoms with Gasteiger partial charge in [0.1, 0.15) is 17.0 Å². The Bertz CT molecular complexity index is 1130. The normalized spacial score (nSPS) is 14.7. The minimum atomic E-state index is -0.525. The highest BCUT2D eigenvalue weighted by atomic mass is 16.5. The van der Waals surface area contributed by atoms with Gasteiger partial charge in [-0.1, -0.05) is 0 Å². The predicted molar refractivity (Wildman–Crippen MR) is 120 cm³/mol. The molecular formula is C23H27N5O4. The van der Waals surface area contributed by atoms with Gasteiger partial charge in [0, 0.05) is 37.6 Å². The van der Waals surface area contributed by atoms with E-state index in [1.54, 1.807) is 35.1 Å². The number of likely N-dealkylation sites (N-methyl/N-ethyl adjacent to an activating group) is 1. The number of nitrogens with two attached hydrogens (primary N) is 1. The quantitative estimate of drug-likeness (QED) is 0.541. The van der Waals surface area contributed by atoms with Gasteiger partial charge in [0.05, 0.1) is 19.3 Å². The van der Waals surface area contributed by atoms with Crippen LogP contribution in [0.5, 0.6) is 17.2 Å². The monoisotopic (exact) mass is 437 g/mol. The average Bonchev–Trinajstić information content (AvgIpc) is 3.14. The van der Waals surface area contributed by atoms with E-state index in [1.165, 1.54) is 0 Å². The Morgan fingerprint density at radius 2 is 1.88 bits per heavy atom. The van der Waals surface area contributed by atoms with Crippen LogP contribution in [-0.4, -0.2) is 71.2 Å². The smallest absolute Gasteiger partial charge is 0.248 e. The first kappa shape index (κ1) is 21.6. The van der Waals surface area contributed by atoms with Crippen molar-refractivity contribution in [3.8, 4) is 17.2 Å². The van der Waals surface area contributed by atoms with Crippen molar-refractivity contribution in [3.05, 3.63) is 48.2 Å². The maximum absolute atomic E-state index is 12.0. The Balaban J connectivity index is 1.35. The number of rotatable bonds is 8. The summed E-state index contributed by atoms with van der Waals surface area (Å²) in [6.45, 7) is 3.38. The van der Waals surface area contributed by atoms with Crippen LogP contribution in [0.3, 0.4) is 0 Å². The second-order valence-electron chi connectivity index (χ2n) is 7.94. The fraction of sp³-hybridized carbons (Fsp3) is 0.348. The van der Waals surface area contributed by atoms with Crippen LogP contribution in [0, 0.1) is 0 Å². The summed E-state index contributed by atoms with van der Waals surface area (Å²) < 4.78 is 13.5. The summed E-state index contributed by atoms with van der Waals surface area (Å²) in [6.07, 6.45) is 2.44. The number of nitrogens with zero attached hydrogens (tertiary/aromatic N) is 4. The molecule has 1 saturated heterocycles. The number of primary amides is 1. The fourth-order valence-electron chi connectivity index (χ4n) is 3.74. The van der Waals surface area contributed by atoms with E-state index in [0.29, 0.717) is 36.8 Å². The molecule has 0 aliphatic carbocycles. The highest BCUT2D eigenvalue weighted by Crippen LogP contribution is 2.32. The zero-order valence-electron chi connectivity index (χ0n) is 18.3. The van der Waals surface area contributed by atoms with Gasteiger partial charge < -0.3 is 20.1 Å². The van der Waals surface area contributed by atoms with Crippen molar-refractivity contribution in [2.45, 2.75) is 6.42 Å². The minimum absolute atomic E-state index is 0.170. The van der Waals surface area contributed by atoms with Gasteiger partial charge in [0.2, 0.25) is 11.8 Å². The number of ether oxygens (including phenoxy) is 2. The lowest BCUT2D eigenvalue weighted by atomic mass is 10.1. The van der Waals surface area contributed by atoms with Crippen molar-refractivity contribution in [2.24, 2.45) is 12.8 Å². The zero-order chi connectivity index (χ0) is 22.7. The zero-order valence-corrected chi connectivity index (χ0v) is 18.3. The molecule has 1 fully saturated rings. The highest BCUT2D eigenvalue weighted by Gasteiger charge is 2.20. The van der Waals surface area contributed by atoms with E-state index in [-0.39, 0.29) is 5.91 Å². The van der Waals surface area contributed by atoms with Crippen molar-refractivity contribution in [3.63, 3.8) is 0 Å². The third-order valence-corrected chi connectivity index (χ3v) is 5.48. The van der Waals surface area contributed by atoms with Gasteiger partial charge >= 0.3 is 0 Å². The predicted octanol–water partition coefficient (Wildman–Crippen LogP) is 2.01. The van der Waals surface area contributed by atoms with Crippen LogP contribution in [0.25, 0.3) is 10.9 Å². The standard InChI is InChI=1S/C23H27N5O4/c1-26-9-10-28(21(29)15-26)8-3-11-31-18-4-6-19(7-5-18)32-20-13-16(23(24)30)12-17-14-25-27(2)22(17)20/h4-7,12-14H,3,8-11,15H2,1-2H3,(H2,24,30). The summed E-state index contributed by atoms with van der Waals surface area (Å²) in [5.74, 6) is 1.47. The number of benzene rings is 2. The van der Waals surface area contributed by atoms with E-state index in [0.717, 1.165) is 36.2 Å². The summed E-state index contributed by atoms with van der Waals surface area (Å²) in [5.41, 5.74) is 6.58. The second-order valence-corrected chi connectivity index (χ2v) is 7.94. The molecule has 2 amide bonds. The molecule has 0 spiro atoms. The van der Waals surface area contributed by atoms with Gasteiger partial charge in [0.15, 0.2) is 5.75 Å². The number of fused-ring (bicyclic) bond motifs is 1. The summed E-state index contributed by atoms with van der Waals surface area (Å²) in [6, 6.07) is 10.6. The maximum atomic E-state index is 12.0. The molecule has 1 aliphatic heterocycles. The molecule has 0 atom stereocenters. The topological polar surface area (TPSA) is 103 Å². The van der Waals surface area contributed by atoms with Crippen molar-refractivity contribution in [1.29, 1.82) is 0 Å². The molecule has 2 heterocycles. The second kappa shape index (κ2) is 9.27. The van der Waals surface area contributed by atoms with E-state index >= 15 is 0 Å². The van der Waals surface area contributed by atoms with Crippen molar-refractivity contribution >= 4 is 22.7 Å². The minimum Gasteiger partial charge on any atom is -0.494 e. The lowest BCUT2D eigenvalue weighted by Gasteiger charge is -2.32. The van der Waals surface area contributed by atoms with Crippen LogP contribution >= 0.6 is 0 Å². The number of aromatic nitrogens is 2. The SMILES string of the molecule is CN1CCN(CCCOc2ccc(Oc3cc(C(N)=O)cc4cnn(C)c34)cc2)C(=O)C1. The molecule has 32 heavy (non-hydrogen) atoms. The Hall–Kier alpha value is -3.59. The van der Waals surface area contributed by atoms with E-state index in [2.05, 4.69) is 5.10 Å². The van der Waals surface area contributed by atoms with E-state index < -0.39 is 5.91 Å². The van der Waals surface area contributed by atoms with Gasteiger partial charge in [-0.05, 0) is 49.9 Å². The molecule has 9 heteroatoms. The highest BCUT2D eigenvalue weighted by molar-refractivity contribution is 5.99. The molecule has 2 N–H and O–H groups in total. The average molecular weight is 438 g/mol. The number of piperazine rings is 1. The first-order valence-electron chi connectivity index (χ1n) is 10.5. The molecule has 0 radical (unpaired) electrons. The largest absolute Gasteiger partial charge is 0.494 e. The van der Waals surface area contributed by atoms with Crippen LogP contribution in [0.4, 0.5) is 0 Å². The number of aryl methyl sites for hydroxylation is 1. The van der Waals surface area contributed by atoms with Crippen LogP contribution in [0.15, 0.2) is 42.6 Å². The summed E-state index contributed by atoms with van der Waals surface area (Å²) in [7, 11) is 3.77. The Morgan fingerprint density at radius 1 is 1.12 bits per heavy atom. The lowest BCUT2D eigenvalue weighted by Crippen LogP contribution is -2.49. The van der Waals surface area contributed by atoms with Crippen molar-refractivity contribution < 1.29 is 19.1 Å². The van der Waals surface area contributed by atoms with Gasteiger partial charge in [0.25, 0.3) is 0 Å². The molecule has 0 bridgehead atoms. The van der Waals surface area contributed by atoms with Gasteiger partial charge in [-0.15, -0.1) is 0 Å². The molecule has 3 aromatic rings. The number of hydrogen-bond acceptors (Lipinski definition) is 6. The molecule has 0 unspecified atom stereocenters. The van der Waals surface area contributed by atoms with Gasteiger partial charge in [-0.25, -0.2) is 0 Å². The van der Waals surface area contributed by atoms with Crippen molar-refractivity contribution in [2.75, 3.05) is 39.8 Å². The van der Waals surface area contributed by atoms with Crippen LogP contribution < -0.4 is 15.2 Å². The fourth-order valence-corrected chi connectivity index (χ4v) is 3.74. The summed E-state index contributed by atoms with van der Waals surface area (Å²) in [5, 5.41) is 5.01. The summed E-state index contributed by atoms with van der Waals surface area (Å²) in [4.78, 5) is 27.6. The maximum Gasteiger partial charge on any atom is 0.248 e. The first-order valence-corrected chi connectivity index (χ1v) is 10.5. The van der Waals surface area contributed by atoms with E-state index in [4.69, 9.17) is 15.2 Å². The third-order valence-electron chi connectivity index (χ3n) is 5.48.